The van der Waals surface area contributed by atoms with Gasteiger partial charge in [0.15, 0.2) is 0 Å². The van der Waals surface area contributed by atoms with Crippen molar-refractivity contribution < 1.29 is 9.18 Å². The summed E-state index contributed by atoms with van der Waals surface area (Å²) in [5, 5.41) is 3.59. The normalized spacial score (nSPS) is 10.8. The highest BCUT2D eigenvalue weighted by Crippen LogP contribution is 2.20. The molecule has 0 aliphatic rings. The van der Waals surface area contributed by atoms with Crippen LogP contribution < -0.4 is 5.32 Å². The van der Waals surface area contributed by atoms with Crippen molar-refractivity contribution in [2.24, 2.45) is 0 Å². The minimum absolute atomic E-state index is 0.216. The molecule has 0 aliphatic carbocycles. The fraction of sp³-hybridized carbons (Fsp3) is 0.0455. The van der Waals surface area contributed by atoms with Crippen LogP contribution >= 0.6 is 0 Å². The summed E-state index contributed by atoms with van der Waals surface area (Å²) >= 11 is 0. The van der Waals surface area contributed by atoms with E-state index < -0.39 is 0 Å². The molecular weight excluding hydrogens is 327 g/mol. The van der Waals surface area contributed by atoms with Crippen LogP contribution in [0.25, 0.3) is 22.0 Å². The highest BCUT2D eigenvalue weighted by Gasteiger charge is 2.10. The smallest absolute Gasteiger partial charge is 0.267 e. The Morgan fingerprint density at radius 1 is 0.885 bits per heavy atom. The molecule has 3 nitrogen and oxygen atoms in total. The van der Waals surface area contributed by atoms with E-state index in [1.165, 1.54) is 12.1 Å². The lowest BCUT2D eigenvalue weighted by Crippen LogP contribution is -2.23. The Kier molecular flexibility index (Phi) is 4.23. The van der Waals surface area contributed by atoms with Crippen molar-refractivity contribution >= 4 is 16.8 Å². The fourth-order valence-corrected chi connectivity index (χ4v) is 2.99. The summed E-state index contributed by atoms with van der Waals surface area (Å²) in [7, 11) is 0. The van der Waals surface area contributed by atoms with Crippen molar-refractivity contribution in [2.75, 3.05) is 0 Å². The summed E-state index contributed by atoms with van der Waals surface area (Å²) < 4.78 is 13.3. The molecule has 0 fully saturated rings. The largest absolute Gasteiger partial charge is 0.351 e. The van der Waals surface area contributed by atoms with Gasteiger partial charge in [0.2, 0.25) is 0 Å². The average molecular weight is 344 g/mol. The minimum atomic E-state index is -0.318. The van der Waals surface area contributed by atoms with Crippen LogP contribution in [-0.4, -0.2) is 10.9 Å². The van der Waals surface area contributed by atoms with Crippen LogP contribution in [0.5, 0.6) is 0 Å². The summed E-state index contributed by atoms with van der Waals surface area (Å²) in [6.07, 6.45) is 0. The molecule has 0 saturated heterocycles. The maximum atomic E-state index is 13.3. The zero-order valence-electron chi connectivity index (χ0n) is 14.0. The molecule has 0 saturated carbocycles. The Hall–Kier alpha value is -3.40. The molecule has 26 heavy (non-hydrogen) atoms. The zero-order chi connectivity index (χ0) is 17.9. The number of carbonyl (C=O) groups is 1. The van der Waals surface area contributed by atoms with Gasteiger partial charge in [-0.3, -0.25) is 4.79 Å². The molecule has 0 aliphatic heterocycles. The first kappa shape index (κ1) is 16.1. The van der Waals surface area contributed by atoms with Gasteiger partial charge in [0.1, 0.15) is 11.5 Å². The Labute approximate surface area is 150 Å². The van der Waals surface area contributed by atoms with Gasteiger partial charge < -0.3 is 10.3 Å². The van der Waals surface area contributed by atoms with Crippen LogP contribution in [0.4, 0.5) is 4.39 Å². The maximum absolute atomic E-state index is 13.3. The lowest BCUT2D eigenvalue weighted by Gasteiger charge is -2.07. The van der Waals surface area contributed by atoms with E-state index in [9.17, 15) is 9.18 Å². The first-order valence-corrected chi connectivity index (χ1v) is 8.40. The van der Waals surface area contributed by atoms with Crippen LogP contribution in [-0.2, 0) is 6.54 Å². The maximum Gasteiger partial charge on any atom is 0.267 e. The summed E-state index contributed by atoms with van der Waals surface area (Å²) in [6, 6.07) is 24.2. The molecule has 0 unspecified atom stereocenters. The van der Waals surface area contributed by atoms with Gasteiger partial charge in [-0.2, -0.15) is 0 Å². The zero-order valence-corrected chi connectivity index (χ0v) is 14.0. The molecule has 4 heteroatoms. The number of benzene rings is 3. The number of nitrogens with one attached hydrogen (secondary N) is 2. The third kappa shape index (κ3) is 3.35. The molecule has 0 atom stereocenters. The van der Waals surface area contributed by atoms with Crippen LogP contribution in [0, 0.1) is 5.82 Å². The third-order valence-corrected chi connectivity index (χ3v) is 4.31. The SMILES string of the molecule is O=C(NCc1cccc(-c2ccccc2)c1)c1cc2cc(F)ccc2[nH]1. The van der Waals surface area contributed by atoms with Crippen molar-refractivity contribution in [3.8, 4) is 11.1 Å². The van der Waals surface area contributed by atoms with Gasteiger partial charge in [0.05, 0.1) is 0 Å². The van der Waals surface area contributed by atoms with Gasteiger partial charge in [-0.15, -0.1) is 0 Å². The van der Waals surface area contributed by atoms with Gasteiger partial charge >= 0.3 is 0 Å². The molecular formula is C22H17FN2O. The number of fused-ring (bicyclic) bond motifs is 1. The van der Waals surface area contributed by atoms with Crippen LogP contribution in [0.3, 0.4) is 0 Å². The number of rotatable bonds is 4. The predicted molar refractivity (Wildman–Crippen MR) is 101 cm³/mol. The molecule has 1 aromatic heterocycles. The second-order valence-corrected chi connectivity index (χ2v) is 6.16. The number of carbonyl (C=O) groups excluding carboxylic acids is 1. The van der Waals surface area contributed by atoms with Crippen molar-refractivity contribution in [2.45, 2.75) is 6.54 Å². The molecule has 128 valence electrons. The lowest BCUT2D eigenvalue weighted by molar-refractivity contribution is 0.0946. The number of hydrogen-bond acceptors (Lipinski definition) is 1. The van der Waals surface area contributed by atoms with Gasteiger partial charge in [0, 0.05) is 17.4 Å². The van der Waals surface area contributed by atoms with Gasteiger partial charge in [0.25, 0.3) is 5.91 Å². The number of aromatic nitrogens is 1. The van der Waals surface area contributed by atoms with Gasteiger partial charge in [-0.05, 0) is 47.0 Å². The first-order valence-electron chi connectivity index (χ1n) is 8.40. The molecule has 2 N–H and O–H groups in total. The van der Waals surface area contributed by atoms with E-state index in [4.69, 9.17) is 0 Å². The van der Waals surface area contributed by atoms with Gasteiger partial charge in [-0.25, -0.2) is 4.39 Å². The molecule has 0 spiro atoms. The van der Waals surface area contributed by atoms with E-state index in [-0.39, 0.29) is 11.7 Å². The first-order chi connectivity index (χ1) is 12.7. The van der Waals surface area contributed by atoms with E-state index in [2.05, 4.69) is 28.5 Å². The number of amides is 1. The number of aromatic amines is 1. The van der Waals surface area contributed by atoms with E-state index in [0.29, 0.717) is 17.6 Å². The molecule has 4 rings (SSSR count). The third-order valence-electron chi connectivity index (χ3n) is 4.31. The molecule has 0 bridgehead atoms. The standard InChI is InChI=1S/C22H17FN2O/c23-19-9-10-20-18(12-19)13-21(25-20)22(26)24-14-15-5-4-8-17(11-15)16-6-2-1-3-7-16/h1-13,25H,14H2,(H,24,26). The fourth-order valence-electron chi connectivity index (χ4n) is 2.99. The summed E-state index contributed by atoms with van der Waals surface area (Å²) in [4.78, 5) is 15.4. The molecule has 4 aromatic rings. The quantitative estimate of drug-likeness (QED) is 0.543. The Morgan fingerprint density at radius 2 is 1.69 bits per heavy atom. The van der Waals surface area contributed by atoms with Crippen LogP contribution in [0.2, 0.25) is 0 Å². The Morgan fingerprint density at radius 3 is 2.54 bits per heavy atom. The molecule has 1 heterocycles. The second kappa shape index (κ2) is 6.84. The van der Waals surface area contributed by atoms with Crippen LogP contribution in [0.15, 0.2) is 78.9 Å². The van der Waals surface area contributed by atoms with E-state index in [1.54, 1.807) is 12.1 Å². The van der Waals surface area contributed by atoms with E-state index in [0.717, 1.165) is 22.2 Å². The molecule has 0 radical (unpaired) electrons. The van der Waals surface area contributed by atoms with Crippen molar-refractivity contribution in [3.63, 3.8) is 0 Å². The number of hydrogen-bond donors (Lipinski definition) is 2. The van der Waals surface area contributed by atoms with E-state index >= 15 is 0 Å². The summed E-state index contributed by atoms with van der Waals surface area (Å²) in [5.74, 6) is -0.534. The molecule has 3 aromatic carbocycles. The molecule has 1 amide bonds. The van der Waals surface area contributed by atoms with Crippen molar-refractivity contribution in [1.82, 2.24) is 10.3 Å². The van der Waals surface area contributed by atoms with Crippen molar-refractivity contribution in [1.29, 1.82) is 0 Å². The topological polar surface area (TPSA) is 44.9 Å². The van der Waals surface area contributed by atoms with Crippen molar-refractivity contribution in [3.05, 3.63) is 95.9 Å². The summed E-state index contributed by atoms with van der Waals surface area (Å²) in [5.41, 5.74) is 4.42. The van der Waals surface area contributed by atoms with Gasteiger partial charge in [-0.1, -0.05) is 48.5 Å². The minimum Gasteiger partial charge on any atom is -0.351 e. The highest BCUT2D eigenvalue weighted by molar-refractivity contribution is 5.98. The monoisotopic (exact) mass is 344 g/mol. The second-order valence-electron chi connectivity index (χ2n) is 6.16. The Balaban J connectivity index is 1.49. The summed E-state index contributed by atoms with van der Waals surface area (Å²) in [6.45, 7) is 0.420. The Bertz CT molecular complexity index is 1070. The number of H-pyrrole nitrogens is 1. The highest BCUT2D eigenvalue weighted by atomic mass is 19.1. The lowest BCUT2D eigenvalue weighted by atomic mass is 10.0. The average Bonchev–Trinajstić information content (AvgIpc) is 3.10. The van der Waals surface area contributed by atoms with Crippen LogP contribution in [0.1, 0.15) is 16.1 Å². The predicted octanol–water partition coefficient (Wildman–Crippen LogP) is 4.90. The number of halogens is 1. The van der Waals surface area contributed by atoms with E-state index in [1.807, 2.05) is 36.4 Å².